The Hall–Kier alpha value is -1.55. The van der Waals surface area contributed by atoms with E-state index in [2.05, 4.69) is 0 Å². The summed E-state index contributed by atoms with van der Waals surface area (Å²) in [6, 6.07) is 0. The molecule has 0 aromatic carbocycles. The van der Waals surface area contributed by atoms with Crippen molar-refractivity contribution in [3.8, 4) is 0 Å². The molecule has 112 valence electrons. The second-order valence-corrected chi connectivity index (χ2v) is 3.48. The molecular weight excluding hydrogens is 289 g/mol. The van der Waals surface area contributed by atoms with Crippen LogP contribution in [0.1, 0.15) is 0 Å². The Morgan fingerprint density at radius 2 is 1.63 bits per heavy atom. The number of amides is 2. The maximum absolute atomic E-state index is 12.6. The van der Waals surface area contributed by atoms with Crippen molar-refractivity contribution >= 4 is 11.8 Å². The van der Waals surface area contributed by atoms with Crippen molar-refractivity contribution in [3.63, 3.8) is 0 Å². The normalized spacial score (nSPS) is 12.5. The first kappa shape index (κ1) is 17.4. The molecule has 0 aliphatic heterocycles. The molecule has 0 aromatic heterocycles. The summed E-state index contributed by atoms with van der Waals surface area (Å²) in [5.41, 5.74) is 0. The number of carbonyl (C=O) groups is 2. The van der Waals surface area contributed by atoms with Gasteiger partial charge in [0.15, 0.2) is 0 Å². The van der Waals surface area contributed by atoms with Gasteiger partial charge in [-0.05, 0) is 0 Å². The van der Waals surface area contributed by atoms with E-state index in [0.29, 0.717) is 7.05 Å². The van der Waals surface area contributed by atoms with Crippen LogP contribution in [0.15, 0.2) is 0 Å². The minimum atomic E-state index is -5.00. The van der Waals surface area contributed by atoms with E-state index in [9.17, 15) is 40.3 Å². The number of hydrogen-bond acceptors (Lipinski definition) is 2. The number of nitrogens with zero attached hydrogens (tertiary/aromatic N) is 1. The van der Waals surface area contributed by atoms with Crippen molar-refractivity contribution in [1.29, 1.82) is 0 Å². The summed E-state index contributed by atoms with van der Waals surface area (Å²) in [6.07, 6.45) is -8.99. The fourth-order valence-electron chi connectivity index (χ4n) is 0.890. The van der Waals surface area contributed by atoms with Crippen molar-refractivity contribution in [2.75, 3.05) is 20.1 Å². The van der Waals surface area contributed by atoms with E-state index in [4.69, 9.17) is 0 Å². The second kappa shape index (κ2) is 6.06. The SMILES string of the molecule is CN(CC(=O)NCC(F)(F)F)C(=O)C(F)(F)C(F)F. The van der Waals surface area contributed by atoms with E-state index < -0.39 is 43.4 Å². The molecule has 0 bridgehead atoms. The number of halogens is 7. The van der Waals surface area contributed by atoms with Gasteiger partial charge in [0.2, 0.25) is 5.91 Å². The molecule has 11 heteroatoms. The highest BCUT2D eigenvalue weighted by Crippen LogP contribution is 2.24. The average molecular weight is 298 g/mol. The highest BCUT2D eigenvalue weighted by molar-refractivity contribution is 5.88. The van der Waals surface area contributed by atoms with E-state index in [-0.39, 0.29) is 4.90 Å². The van der Waals surface area contributed by atoms with Crippen LogP contribution in [0.2, 0.25) is 0 Å². The molecular formula is C8H9F7N2O2. The quantitative estimate of drug-likeness (QED) is 0.771. The summed E-state index contributed by atoms with van der Waals surface area (Å²) >= 11 is 0. The number of alkyl halides is 7. The molecule has 0 radical (unpaired) electrons. The van der Waals surface area contributed by atoms with Gasteiger partial charge in [-0.1, -0.05) is 0 Å². The fraction of sp³-hybridized carbons (Fsp3) is 0.750. The van der Waals surface area contributed by atoms with Gasteiger partial charge in [-0.3, -0.25) is 9.59 Å². The molecule has 0 aliphatic carbocycles. The van der Waals surface area contributed by atoms with Crippen molar-refractivity contribution in [1.82, 2.24) is 10.2 Å². The molecule has 2 amide bonds. The summed E-state index contributed by atoms with van der Waals surface area (Å²) in [4.78, 5) is 21.6. The van der Waals surface area contributed by atoms with E-state index in [1.54, 1.807) is 0 Å². The van der Waals surface area contributed by atoms with Crippen LogP contribution in [0.4, 0.5) is 30.7 Å². The predicted molar refractivity (Wildman–Crippen MR) is 47.7 cm³/mol. The molecule has 0 rings (SSSR count). The van der Waals surface area contributed by atoms with Crippen LogP contribution in [-0.4, -0.2) is 55.4 Å². The van der Waals surface area contributed by atoms with Crippen molar-refractivity contribution in [2.24, 2.45) is 0 Å². The summed E-state index contributed by atoms with van der Waals surface area (Å²) in [5, 5.41) is 1.30. The zero-order valence-corrected chi connectivity index (χ0v) is 9.40. The molecule has 1 N–H and O–H groups in total. The smallest absolute Gasteiger partial charge is 0.345 e. The van der Waals surface area contributed by atoms with Crippen molar-refractivity contribution in [3.05, 3.63) is 0 Å². The topological polar surface area (TPSA) is 49.4 Å². The second-order valence-electron chi connectivity index (χ2n) is 3.48. The molecule has 0 unspecified atom stereocenters. The lowest BCUT2D eigenvalue weighted by Gasteiger charge is -2.22. The van der Waals surface area contributed by atoms with Crippen LogP contribution in [0.25, 0.3) is 0 Å². The summed E-state index contributed by atoms with van der Waals surface area (Å²) in [5.74, 6) is -8.76. The lowest BCUT2D eigenvalue weighted by Crippen LogP contribution is -2.49. The van der Waals surface area contributed by atoms with Crippen LogP contribution in [0.3, 0.4) is 0 Å². The fourth-order valence-corrected chi connectivity index (χ4v) is 0.890. The zero-order valence-electron chi connectivity index (χ0n) is 9.40. The molecule has 0 saturated heterocycles. The Morgan fingerprint density at radius 1 is 1.16 bits per heavy atom. The van der Waals surface area contributed by atoms with Crippen molar-refractivity contribution < 1.29 is 40.3 Å². The molecule has 0 atom stereocenters. The van der Waals surface area contributed by atoms with Crippen LogP contribution < -0.4 is 5.32 Å². The maximum Gasteiger partial charge on any atom is 0.405 e. The van der Waals surface area contributed by atoms with E-state index >= 15 is 0 Å². The standard InChI is InChI=1S/C8H9F7N2O2/c1-17(6(19)8(14,15)5(9)10)2-4(18)16-3-7(11,12)13/h5H,2-3H2,1H3,(H,16,18). The summed E-state index contributed by atoms with van der Waals surface area (Å²) in [6.45, 7) is -2.92. The monoisotopic (exact) mass is 298 g/mol. The predicted octanol–water partition coefficient (Wildman–Crippen LogP) is 1.02. The summed E-state index contributed by atoms with van der Waals surface area (Å²) in [7, 11) is 0.589. The van der Waals surface area contributed by atoms with Gasteiger partial charge in [0.05, 0.1) is 6.54 Å². The van der Waals surface area contributed by atoms with Gasteiger partial charge in [0.1, 0.15) is 6.54 Å². The van der Waals surface area contributed by atoms with Gasteiger partial charge in [0, 0.05) is 7.05 Å². The number of hydrogen-bond donors (Lipinski definition) is 1. The molecule has 0 fully saturated rings. The lowest BCUT2D eigenvalue weighted by atomic mass is 10.3. The highest BCUT2D eigenvalue weighted by Gasteiger charge is 2.50. The Bertz CT molecular complexity index is 342. The van der Waals surface area contributed by atoms with Crippen LogP contribution in [0, 0.1) is 0 Å². The minimum absolute atomic E-state index is 0.0854. The summed E-state index contributed by atoms with van der Waals surface area (Å²) < 4.78 is 83.8. The molecule has 4 nitrogen and oxygen atoms in total. The average Bonchev–Trinajstić information content (AvgIpc) is 2.23. The molecule has 0 saturated carbocycles. The highest BCUT2D eigenvalue weighted by atomic mass is 19.4. The largest absolute Gasteiger partial charge is 0.405 e. The Kier molecular flexibility index (Phi) is 5.57. The van der Waals surface area contributed by atoms with Crippen LogP contribution in [-0.2, 0) is 9.59 Å². The molecule has 0 spiro atoms. The Morgan fingerprint density at radius 3 is 2.00 bits per heavy atom. The first-order valence-corrected chi connectivity index (χ1v) is 4.63. The maximum atomic E-state index is 12.6. The van der Waals surface area contributed by atoms with Gasteiger partial charge < -0.3 is 10.2 Å². The zero-order chi connectivity index (χ0) is 15.4. The third-order valence-electron chi connectivity index (χ3n) is 1.77. The molecule has 0 heterocycles. The van der Waals surface area contributed by atoms with Gasteiger partial charge in [-0.25, -0.2) is 8.78 Å². The van der Waals surface area contributed by atoms with E-state index in [1.165, 1.54) is 5.32 Å². The molecule has 0 aliphatic rings. The number of rotatable bonds is 5. The van der Waals surface area contributed by atoms with E-state index in [0.717, 1.165) is 0 Å². The van der Waals surface area contributed by atoms with Gasteiger partial charge in [-0.15, -0.1) is 0 Å². The van der Waals surface area contributed by atoms with E-state index in [1.807, 2.05) is 0 Å². The lowest BCUT2D eigenvalue weighted by molar-refractivity contribution is -0.179. The Balaban J connectivity index is 4.42. The van der Waals surface area contributed by atoms with Gasteiger partial charge in [0.25, 0.3) is 5.91 Å². The minimum Gasteiger partial charge on any atom is -0.345 e. The molecule has 0 aromatic rings. The van der Waals surface area contributed by atoms with Crippen LogP contribution in [0.5, 0.6) is 0 Å². The van der Waals surface area contributed by atoms with Crippen molar-refractivity contribution in [2.45, 2.75) is 18.5 Å². The third-order valence-corrected chi connectivity index (χ3v) is 1.77. The first-order valence-electron chi connectivity index (χ1n) is 4.63. The first-order chi connectivity index (χ1) is 8.38. The number of likely N-dealkylation sites (N-methyl/N-ethyl adjacent to an activating group) is 1. The third kappa shape index (κ3) is 5.75. The molecule has 19 heavy (non-hydrogen) atoms. The Labute approximate surface area is 102 Å². The van der Waals surface area contributed by atoms with Gasteiger partial charge in [-0.2, -0.15) is 22.0 Å². The van der Waals surface area contributed by atoms with Crippen LogP contribution >= 0.6 is 0 Å². The number of carbonyl (C=O) groups excluding carboxylic acids is 2. The van der Waals surface area contributed by atoms with Gasteiger partial charge >= 0.3 is 18.5 Å². The number of nitrogens with one attached hydrogen (secondary N) is 1.